The Kier molecular flexibility index (Phi) is 3.94. The van der Waals surface area contributed by atoms with Crippen molar-refractivity contribution in [1.82, 2.24) is 4.98 Å². The third-order valence-electron chi connectivity index (χ3n) is 3.43. The maximum Gasteiger partial charge on any atom is 0.266 e. The third kappa shape index (κ3) is 2.99. The Morgan fingerprint density at radius 2 is 1.70 bits per heavy atom. The standard InChI is InChI=1S/C19H14N2O2/c1-13-11-16(17(12-20)19(22)21-13)15-9-5-6-10-18(15)23-14-7-3-2-4-8-14/h2-11H,1H3,(H,21,22). The molecule has 0 saturated heterocycles. The summed E-state index contributed by atoms with van der Waals surface area (Å²) in [6.07, 6.45) is 0. The van der Waals surface area contributed by atoms with E-state index in [1.165, 1.54) is 0 Å². The first-order chi connectivity index (χ1) is 11.2. The maximum atomic E-state index is 12.0. The monoisotopic (exact) mass is 302 g/mol. The van der Waals surface area contributed by atoms with Crippen LogP contribution in [0.5, 0.6) is 11.5 Å². The van der Waals surface area contributed by atoms with Crippen LogP contribution in [0.3, 0.4) is 0 Å². The number of para-hydroxylation sites is 2. The molecule has 3 aromatic rings. The number of hydrogen-bond acceptors (Lipinski definition) is 3. The molecule has 112 valence electrons. The molecule has 0 bridgehead atoms. The number of benzene rings is 2. The van der Waals surface area contributed by atoms with Crippen LogP contribution in [0, 0.1) is 18.3 Å². The lowest BCUT2D eigenvalue weighted by molar-refractivity contribution is 0.484. The SMILES string of the molecule is Cc1cc(-c2ccccc2Oc2ccccc2)c(C#N)c(=O)[nH]1. The molecule has 3 rings (SSSR count). The molecule has 1 N–H and O–H groups in total. The summed E-state index contributed by atoms with van der Waals surface area (Å²) in [5.74, 6) is 1.29. The molecule has 0 atom stereocenters. The molecule has 0 aliphatic carbocycles. The summed E-state index contributed by atoms with van der Waals surface area (Å²) in [6, 6.07) is 20.5. The van der Waals surface area contributed by atoms with E-state index >= 15 is 0 Å². The molecule has 0 saturated carbocycles. The van der Waals surface area contributed by atoms with E-state index in [0.717, 1.165) is 0 Å². The second-order valence-corrected chi connectivity index (χ2v) is 5.09. The van der Waals surface area contributed by atoms with Crippen LogP contribution in [0.1, 0.15) is 11.3 Å². The molecule has 0 aliphatic heterocycles. The molecule has 1 heterocycles. The fourth-order valence-electron chi connectivity index (χ4n) is 2.41. The van der Waals surface area contributed by atoms with Gasteiger partial charge in [-0.15, -0.1) is 0 Å². The van der Waals surface area contributed by atoms with Gasteiger partial charge in [-0.2, -0.15) is 5.26 Å². The van der Waals surface area contributed by atoms with E-state index in [0.29, 0.717) is 28.3 Å². The van der Waals surface area contributed by atoms with Crippen LogP contribution < -0.4 is 10.3 Å². The highest BCUT2D eigenvalue weighted by Gasteiger charge is 2.14. The number of nitriles is 1. The molecule has 0 spiro atoms. The summed E-state index contributed by atoms with van der Waals surface area (Å²) in [7, 11) is 0. The van der Waals surface area contributed by atoms with Crippen LogP contribution >= 0.6 is 0 Å². The van der Waals surface area contributed by atoms with E-state index in [1.54, 1.807) is 13.0 Å². The van der Waals surface area contributed by atoms with Gasteiger partial charge in [0.15, 0.2) is 0 Å². The normalized spacial score (nSPS) is 10.1. The molecule has 0 radical (unpaired) electrons. The molecular weight excluding hydrogens is 288 g/mol. The summed E-state index contributed by atoms with van der Waals surface area (Å²) < 4.78 is 5.92. The Morgan fingerprint density at radius 3 is 2.43 bits per heavy atom. The quantitative estimate of drug-likeness (QED) is 0.794. The fourth-order valence-corrected chi connectivity index (χ4v) is 2.41. The minimum absolute atomic E-state index is 0.0831. The van der Waals surface area contributed by atoms with E-state index in [9.17, 15) is 10.1 Å². The van der Waals surface area contributed by atoms with Gasteiger partial charge in [0.25, 0.3) is 5.56 Å². The predicted octanol–water partition coefficient (Wildman–Crippen LogP) is 4.01. The first kappa shape index (κ1) is 14.6. The smallest absolute Gasteiger partial charge is 0.266 e. The molecule has 0 unspecified atom stereocenters. The van der Waals surface area contributed by atoms with Crippen LogP contribution in [0.25, 0.3) is 11.1 Å². The average molecular weight is 302 g/mol. The second kappa shape index (κ2) is 6.20. The lowest BCUT2D eigenvalue weighted by Crippen LogP contribution is -2.12. The molecule has 1 aromatic heterocycles. The van der Waals surface area contributed by atoms with E-state index in [-0.39, 0.29) is 5.56 Å². The summed E-state index contributed by atoms with van der Waals surface area (Å²) >= 11 is 0. The highest BCUT2D eigenvalue weighted by atomic mass is 16.5. The molecule has 0 fully saturated rings. The Morgan fingerprint density at radius 1 is 1.00 bits per heavy atom. The number of hydrogen-bond donors (Lipinski definition) is 1. The molecule has 0 aliphatic rings. The minimum atomic E-state index is -0.392. The van der Waals surface area contributed by atoms with Gasteiger partial charge in [-0.1, -0.05) is 36.4 Å². The number of rotatable bonds is 3. The zero-order chi connectivity index (χ0) is 16.2. The van der Waals surface area contributed by atoms with Crippen molar-refractivity contribution in [3.8, 4) is 28.7 Å². The van der Waals surface area contributed by atoms with E-state index in [1.807, 2.05) is 60.7 Å². The van der Waals surface area contributed by atoms with Crippen LogP contribution in [0.15, 0.2) is 65.5 Å². The number of aryl methyl sites for hydroxylation is 1. The van der Waals surface area contributed by atoms with Crippen molar-refractivity contribution in [2.75, 3.05) is 0 Å². The van der Waals surface area contributed by atoms with E-state index < -0.39 is 5.56 Å². The van der Waals surface area contributed by atoms with Gasteiger partial charge in [0.05, 0.1) is 0 Å². The van der Waals surface area contributed by atoms with Crippen molar-refractivity contribution >= 4 is 0 Å². The number of pyridine rings is 1. The Hall–Kier alpha value is -3.32. The largest absolute Gasteiger partial charge is 0.457 e. The number of nitrogens with zero attached hydrogens (tertiary/aromatic N) is 1. The lowest BCUT2D eigenvalue weighted by Gasteiger charge is -2.12. The number of ether oxygens (including phenoxy) is 1. The summed E-state index contributed by atoms with van der Waals surface area (Å²) in [6.45, 7) is 1.78. The minimum Gasteiger partial charge on any atom is -0.457 e. The predicted molar refractivity (Wildman–Crippen MR) is 88.5 cm³/mol. The molecular formula is C19H14N2O2. The van der Waals surface area contributed by atoms with Crippen molar-refractivity contribution < 1.29 is 4.74 Å². The first-order valence-electron chi connectivity index (χ1n) is 7.15. The van der Waals surface area contributed by atoms with Crippen molar-refractivity contribution in [3.05, 3.63) is 82.3 Å². The topological polar surface area (TPSA) is 65.9 Å². The summed E-state index contributed by atoms with van der Waals surface area (Å²) in [4.78, 5) is 14.7. The van der Waals surface area contributed by atoms with Gasteiger partial charge in [0, 0.05) is 16.8 Å². The Labute approximate surface area is 133 Å². The average Bonchev–Trinajstić information content (AvgIpc) is 2.56. The van der Waals surface area contributed by atoms with Crippen LogP contribution in [-0.4, -0.2) is 4.98 Å². The van der Waals surface area contributed by atoms with Crippen molar-refractivity contribution in [2.24, 2.45) is 0 Å². The molecule has 0 amide bonds. The molecule has 2 aromatic carbocycles. The molecule has 4 heteroatoms. The van der Waals surface area contributed by atoms with Gasteiger partial charge in [-0.3, -0.25) is 4.79 Å². The van der Waals surface area contributed by atoms with Crippen LogP contribution in [0.4, 0.5) is 0 Å². The zero-order valence-electron chi connectivity index (χ0n) is 12.5. The summed E-state index contributed by atoms with van der Waals surface area (Å²) in [5.41, 5.74) is 1.66. The van der Waals surface area contributed by atoms with Gasteiger partial charge >= 0.3 is 0 Å². The Balaban J connectivity index is 2.16. The van der Waals surface area contributed by atoms with Crippen LogP contribution in [-0.2, 0) is 0 Å². The van der Waals surface area contributed by atoms with Crippen molar-refractivity contribution in [3.63, 3.8) is 0 Å². The fraction of sp³-hybridized carbons (Fsp3) is 0.0526. The Bertz CT molecular complexity index is 938. The third-order valence-corrected chi connectivity index (χ3v) is 3.43. The van der Waals surface area contributed by atoms with Crippen LogP contribution in [0.2, 0.25) is 0 Å². The zero-order valence-corrected chi connectivity index (χ0v) is 12.5. The first-order valence-corrected chi connectivity index (χ1v) is 7.15. The molecule has 4 nitrogen and oxygen atoms in total. The van der Waals surface area contributed by atoms with E-state index in [2.05, 4.69) is 4.98 Å². The number of nitrogens with one attached hydrogen (secondary N) is 1. The lowest BCUT2D eigenvalue weighted by atomic mass is 10.00. The maximum absolute atomic E-state index is 12.0. The number of H-pyrrole nitrogens is 1. The summed E-state index contributed by atoms with van der Waals surface area (Å²) in [5, 5.41) is 9.32. The van der Waals surface area contributed by atoms with E-state index in [4.69, 9.17) is 4.74 Å². The van der Waals surface area contributed by atoms with Gasteiger partial charge in [0.1, 0.15) is 23.1 Å². The van der Waals surface area contributed by atoms with Crippen molar-refractivity contribution in [1.29, 1.82) is 5.26 Å². The van der Waals surface area contributed by atoms with Gasteiger partial charge in [-0.05, 0) is 31.2 Å². The number of aromatic nitrogens is 1. The number of aromatic amines is 1. The van der Waals surface area contributed by atoms with Crippen molar-refractivity contribution in [2.45, 2.75) is 6.92 Å². The van der Waals surface area contributed by atoms with Gasteiger partial charge < -0.3 is 9.72 Å². The highest BCUT2D eigenvalue weighted by Crippen LogP contribution is 2.34. The van der Waals surface area contributed by atoms with Gasteiger partial charge in [-0.25, -0.2) is 0 Å². The van der Waals surface area contributed by atoms with Gasteiger partial charge in [0.2, 0.25) is 0 Å². The molecule has 23 heavy (non-hydrogen) atoms. The highest BCUT2D eigenvalue weighted by molar-refractivity contribution is 5.75. The second-order valence-electron chi connectivity index (χ2n) is 5.09.